The molecule has 0 aliphatic carbocycles. The average Bonchev–Trinajstić information content (AvgIpc) is 2.60. The Morgan fingerprint density at radius 1 is 1.17 bits per heavy atom. The quantitative estimate of drug-likeness (QED) is 0.771. The Labute approximate surface area is 136 Å². The summed E-state index contributed by atoms with van der Waals surface area (Å²) in [5.74, 6) is 1.59. The van der Waals surface area contributed by atoms with Crippen molar-refractivity contribution in [2.45, 2.75) is 12.6 Å². The van der Waals surface area contributed by atoms with Crippen LogP contribution in [0.4, 0.5) is 0 Å². The van der Waals surface area contributed by atoms with E-state index in [4.69, 9.17) is 18.9 Å². The van der Waals surface area contributed by atoms with Gasteiger partial charge < -0.3 is 24.3 Å². The molecule has 1 heterocycles. The van der Waals surface area contributed by atoms with E-state index in [1.54, 1.807) is 21.3 Å². The molecule has 23 heavy (non-hydrogen) atoms. The van der Waals surface area contributed by atoms with Gasteiger partial charge in [-0.1, -0.05) is 0 Å². The number of nitrogens with one attached hydrogen (secondary N) is 1. The molecule has 1 aliphatic rings. The van der Waals surface area contributed by atoms with Crippen molar-refractivity contribution in [2.75, 3.05) is 48.1 Å². The van der Waals surface area contributed by atoms with E-state index in [0.717, 1.165) is 18.7 Å². The van der Waals surface area contributed by atoms with E-state index in [1.807, 2.05) is 12.1 Å². The summed E-state index contributed by atoms with van der Waals surface area (Å²) in [5, 5.41) is 3.16. The molecule has 1 N–H and O–H groups in total. The maximum atomic E-state index is 11.7. The molecule has 7 heteroatoms. The lowest BCUT2D eigenvalue weighted by atomic mass is 10.1. The normalized spacial score (nSPS) is 18.3. The molecule has 0 bridgehead atoms. The van der Waals surface area contributed by atoms with Crippen molar-refractivity contribution in [3.8, 4) is 17.2 Å². The van der Waals surface area contributed by atoms with Crippen molar-refractivity contribution in [1.29, 1.82) is 0 Å². The van der Waals surface area contributed by atoms with E-state index in [2.05, 4.69) is 10.2 Å². The third-order valence-electron chi connectivity index (χ3n) is 3.88. The number of hydrogen-bond donors (Lipinski definition) is 1. The number of methoxy groups -OCH3 is 4. The molecule has 7 nitrogen and oxygen atoms in total. The van der Waals surface area contributed by atoms with Crippen LogP contribution in [0.5, 0.6) is 17.2 Å². The first-order valence-corrected chi connectivity index (χ1v) is 7.45. The minimum Gasteiger partial charge on any atom is -0.493 e. The molecule has 0 radical (unpaired) electrons. The molecule has 1 saturated heterocycles. The molecule has 128 valence electrons. The van der Waals surface area contributed by atoms with Gasteiger partial charge in [0.25, 0.3) is 0 Å². The number of nitrogens with zero attached hydrogens (tertiary/aromatic N) is 1. The van der Waals surface area contributed by atoms with Gasteiger partial charge in [-0.25, -0.2) is 0 Å². The van der Waals surface area contributed by atoms with Crippen LogP contribution < -0.4 is 19.5 Å². The maximum absolute atomic E-state index is 11.7. The summed E-state index contributed by atoms with van der Waals surface area (Å²) in [7, 11) is 6.18. The third-order valence-corrected chi connectivity index (χ3v) is 3.88. The lowest BCUT2D eigenvalue weighted by Gasteiger charge is -2.32. The van der Waals surface area contributed by atoms with Gasteiger partial charge in [-0.15, -0.1) is 0 Å². The lowest BCUT2D eigenvalue weighted by Crippen LogP contribution is -2.54. The summed E-state index contributed by atoms with van der Waals surface area (Å²) in [5.41, 5.74) is 1.03. The Kier molecular flexibility index (Phi) is 6.06. The van der Waals surface area contributed by atoms with Gasteiger partial charge in [-0.2, -0.15) is 0 Å². The molecule has 1 aromatic carbocycles. The number of ether oxygens (including phenoxy) is 4. The van der Waals surface area contributed by atoms with E-state index in [1.165, 1.54) is 7.11 Å². The molecule has 2 rings (SSSR count). The Hall–Kier alpha value is -1.99. The molecule has 1 unspecified atom stereocenters. The Balaban J connectivity index is 2.14. The van der Waals surface area contributed by atoms with Crippen molar-refractivity contribution in [2.24, 2.45) is 0 Å². The number of piperazine rings is 1. The highest BCUT2D eigenvalue weighted by Gasteiger charge is 2.26. The van der Waals surface area contributed by atoms with Gasteiger partial charge in [-0.05, 0) is 17.7 Å². The predicted octanol–water partition coefficient (Wildman–Crippen LogP) is 0.659. The highest BCUT2D eigenvalue weighted by Crippen LogP contribution is 2.38. The monoisotopic (exact) mass is 324 g/mol. The third kappa shape index (κ3) is 4.05. The second-order valence-electron chi connectivity index (χ2n) is 5.30. The van der Waals surface area contributed by atoms with Gasteiger partial charge in [-0.3, -0.25) is 9.69 Å². The first-order valence-electron chi connectivity index (χ1n) is 7.45. The van der Waals surface area contributed by atoms with Crippen LogP contribution in [0.1, 0.15) is 5.56 Å². The maximum Gasteiger partial charge on any atom is 0.324 e. The summed E-state index contributed by atoms with van der Waals surface area (Å²) in [6.45, 7) is 2.88. The number of hydrogen-bond acceptors (Lipinski definition) is 7. The van der Waals surface area contributed by atoms with Gasteiger partial charge in [0.2, 0.25) is 5.75 Å². The Bertz CT molecular complexity index is 524. The second-order valence-corrected chi connectivity index (χ2v) is 5.30. The highest BCUT2D eigenvalue weighted by atomic mass is 16.5. The van der Waals surface area contributed by atoms with E-state index in [0.29, 0.717) is 30.3 Å². The van der Waals surface area contributed by atoms with Crippen LogP contribution in [0.2, 0.25) is 0 Å². The van der Waals surface area contributed by atoms with Crippen LogP contribution in [0.3, 0.4) is 0 Å². The van der Waals surface area contributed by atoms with Gasteiger partial charge in [0.1, 0.15) is 6.04 Å². The number of carbonyl (C=O) groups is 1. The largest absolute Gasteiger partial charge is 0.493 e. The van der Waals surface area contributed by atoms with Gasteiger partial charge in [0.15, 0.2) is 11.5 Å². The number of esters is 1. The van der Waals surface area contributed by atoms with Crippen LogP contribution in [-0.4, -0.2) is 65.0 Å². The Morgan fingerprint density at radius 2 is 1.83 bits per heavy atom. The number of carbonyl (C=O) groups excluding carboxylic acids is 1. The molecule has 1 aliphatic heterocycles. The molecule has 1 fully saturated rings. The highest BCUT2D eigenvalue weighted by molar-refractivity contribution is 5.76. The van der Waals surface area contributed by atoms with Gasteiger partial charge in [0, 0.05) is 26.2 Å². The summed E-state index contributed by atoms with van der Waals surface area (Å²) < 4.78 is 20.9. The summed E-state index contributed by atoms with van der Waals surface area (Å²) in [4.78, 5) is 13.9. The minimum absolute atomic E-state index is 0.236. The summed E-state index contributed by atoms with van der Waals surface area (Å²) >= 11 is 0. The molecular formula is C16H24N2O5. The van der Waals surface area contributed by atoms with Crippen LogP contribution in [0, 0.1) is 0 Å². The van der Waals surface area contributed by atoms with E-state index in [-0.39, 0.29) is 12.0 Å². The first kappa shape index (κ1) is 17.4. The van der Waals surface area contributed by atoms with Crippen LogP contribution in [0.15, 0.2) is 12.1 Å². The lowest BCUT2D eigenvalue weighted by molar-refractivity contribution is -0.144. The zero-order valence-corrected chi connectivity index (χ0v) is 14.0. The Morgan fingerprint density at radius 3 is 2.35 bits per heavy atom. The molecule has 1 aromatic rings. The minimum atomic E-state index is -0.296. The topological polar surface area (TPSA) is 69.3 Å². The average molecular weight is 324 g/mol. The molecule has 0 spiro atoms. The van der Waals surface area contributed by atoms with Crippen molar-refractivity contribution in [3.05, 3.63) is 17.7 Å². The van der Waals surface area contributed by atoms with Crippen molar-refractivity contribution >= 4 is 5.97 Å². The van der Waals surface area contributed by atoms with Gasteiger partial charge in [0.05, 0.1) is 28.4 Å². The van der Waals surface area contributed by atoms with Crippen molar-refractivity contribution < 1.29 is 23.7 Å². The van der Waals surface area contributed by atoms with Crippen molar-refractivity contribution in [1.82, 2.24) is 10.2 Å². The molecule has 0 amide bonds. The molecule has 0 aromatic heterocycles. The van der Waals surface area contributed by atoms with Gasteiger partial charge >= 0.3 is 5.97 Å². The van der Waals surface area contributed by atoms with E-state index < -0.39 is 0 Å². The summed E-state index contributed by atoms with van der Waals surface area (Å²) in [6, 6.07) is 3.56. The smallest absolute Gasteiger partial charge is 0.324 e. The predicted molar refractivity (Wildman–Crippen MR) is 85.2 cm³/mol. The SMILES string of the molecule is COC(=O)C1CN(Cc2cc(OC)c(OC)c(OC)c2)CCN1. The standard InChI is InChI=1S/C16H24N2O5/c1-20-13-7-11(8-14(21-2)15(13)22-3)9-18-6-5-17-12(10-18)16(19)23-4/h7-8,12,17H,5-6,9-10H2,1-4H3. The van der Waals surface area contributed by atoms with Crippen LogP contribution in [0.25, 0.3) is 0 Å². The van der Waals surface area contributed by atoms with E-state index >= 15 is 0 Å². The number of benzene rings is 1. The molecule has 1 atom stereocenters. The molecule has 0 saturated carbocycles. The van der Waals surface area contributed by atoms with Crippen LogP contribution >= 0.6 is 0 Å². The fourth-order valence-electron chi connectivity index (χ4n) is 2.74. The van der Waals surface area contributed by atoms with E-state index in [9.17, 15) is 4.79 Å². The summed E-state index contributed by atoms with van der Waals surface area (Å²) in [6.07, 6.45) is 0. The second kappa shape index (κ2) is 8.03. The zero-order valence-electron chi connectivity index (χ0n) is 14.0. The fourth-order valence-corrected chi connectivity index (χ4v) is 2.74. The number of rotatable bonds is 6. The zero-order chi connectivity index (χ0) is 16.8. The fraction of sp³-hybridized carbons (Fsp3) is 0.562. The molecular weight excluding hydrogens is 300 g/mol. The first-order chi connectivity index (χ1) is 11.1. The van der Waals surface area contributed by atoms with Crippen LogP contribution in [-0.2, 0) is 16.1 Å². The van der Waals surface area contributed by atoms with Crippen molar-refractivity contribution in [3.63, 3.8) is 0 Å².